The van der Waals surface area contributed by atoms with Gasteiger partial charge in [0.05, 0.1) is 23.1 Å². The summed E-state index contributed by atoms with van der Waals surface area (Å²) in [6, 6.07) is 15.4. The second kappa shape index (κ2) is 8.41. The first-order chi connectivity index (χ1) is 15.1. The summed E-state index contributed by atoms with van der Waals surface area (Å²) >= 11 is 0. The summed E-state index contributed by atoms with van der Waals surface area (Å²) in [6.45, 7) is 0. The topological polar surface area (TPSA) is 132 Å². The van der Waals surface area contributed by atoms with Crippen LogP contribution in [0.25, 0.3) is 10.9 Å². The van der Waals surface area contributed by atoms with Crippen LogP contribution in [-0.2, 0) is 4.74 Å². The predicted octanol–water partition coefficient (Wildman–Crippen LogP) is 4.21. The van der Waals surface area contributed by atoms with Gasteiger partial charge in [-0.05, 0) is 48.5 Å². The van der Waals surface area contributed by atoms with Gasteiger partial charge in [0.25, 0.3) is 0 Å². The summed E-state index contributed by atoms with van der Waals surface area (Å²) < 4.78 is 4.67. The lowest BCUT2D eigenvalue weighted by atomic mass is 10.2. The average molecular weight is 416 g/mol. The van der Waals surface area contributed by atoms with Crippen molar-refractivity contribution in [2.75, 3.05) is 17.7 Å². The molecule has 0 bridgehead atoms. The van der Waals surface area contributed by atoms with E-state index in [1.807, 2.05) is 12.1 Å². The fraction of sp³-hybridized carbons (Fsp3) is 0.0476. The molecule has 0 aliphatic rings. The molecule has 2 heterocycles. The Balaban J connectivity index is 1.68. The van der Waals surface area contributed by atoms with E-state index in [1.165, 1.54) is 13.4 Å². The molecule has 10 heteroatoms. The second-order valence-corrected chi connectivity index (χ2v) is 6.37. The zero-order valence-electron chi connectivity index (χ0n) is 16.3. The number of methoxy groups -OCH3 is 1. The molecule has 2 aromatic carbocycles. The first-order valence-electron chi connectivity index (χ1n) is 9.12. The van der Waals surface area contributed by atoms with Gasteiger partial charge < -0.3 is 15.4 Å². The van der Waals surface area contributed by atoms with Crippen molar-refractivity contribution < 1.29 is 14.5 Å². The number of carbonyl (C=O) groups is 1. The number of carbonyl (C=O) groups excluding carboxylic acids is 1. The highest BCUT2D eigenvalue weighted by Crippen LogP contribution is 2.34. The van der Waals surface area contributed by atoms with E-state index < -0.39 is 10.9 Å². The maximum atomic E-state index is 11.8. The molecule has 0 amide bonds. The van der Waals surface area contributed by atoms with Gasteiger partial charge in [0.1, 0.15) is 6.33 Å². The Kier molecular flexibility index (Phi) is 5.35. The van der Waals surface area contributed by atoms with Gasteiger partial charge in [0.15, 0.2) is 0 Å². The molecule has 4 aromatic rings. The van der Waals surface area contributed by atoms with E-state index in [1.54, 1.807) is 48.7 Å². The Morgan fingerprint density at radius 2 is 1.71 bits per heavy atom. The Labute approximate surface area is 176 Å². The van der Waals surface area contributed by atoms with Crippen molar-refractivity contribution in [1.29, 1.82) is 0 Å². The van der Waals surface area contributed by atoms with Crippen LogP contribution in [0.5, 0.6) is 0 Å². The van der Waals surface area contributed by atoms with Crippen LogP contribution >= 0.6 is 0 Å². The van der Waals surface area contributed by atoms with Crippen LogP contribution in [-0.4, -0.2) is 33.0 Å². The maximum absolute atomic E-state index is 11.8. The fourth-order valence-corrected chi connectivity index (χ4v) is 3.02. The summed E-state index contributed by atoms with van der Waals surface area (Å²) in [5.41, 5.74) is 1.92. The molecule has 0 saturated carbocycles. The quantitative estimate of drug-likeness (QED) is 0.269. The van der Waals surface area contributed by atoms with Crippen molar-refractivity contribution in [2.24, 2.45) is 0 Å². The van der Waals surface area contributed by atoms with E-state index in [4.69, 9.17) is 0 Å². The Morgan fingerprint density at radius 1 is 0.968 bits per heavy atom. The van der Waals surface area contributed by atoms with Crippen LogP contribution < -0.4 is 10.6 Å². The first-order valence-corrected chi connectivity index (χ1v) is 9.12. The summed E-state index contributed by atoms with van der Waals surface area (Å²) in [4.78, 5) is 35.2. The summed E-state index contributed by atoms with van der Waals surface area (Å²) in [5, 5.41) is 18.6. The molecule has 2 N–H and O–H groups in total. The molecule has 154 valence electrons. The monoisotopic (exact) mass is 416 g/mol. The number of pyridine rings is 1. The number of benzene rings is 2. The Morgan fingerprint density at radius 3 is 2.42 bits per heavy atom. The lowest BCUT2D eigenvalue weighted by Crippen LogP contribution is -2.06. The standard InChI is InChI=1S/C21H16N6O4/c1-31-21(28)13-7-9-14(10-8-13)25-19-18(27(29)30)20(24-12-23-19)26-17-6-2-5-16-15(17)4-3-11-22-16/h2-12H,1H3,(H2,23,24,25,26). The van der Waals surface area contributed by atoms with E-state index in [0.717, 1.165) is 10.9 Å². The number of hydrogen-bond donors (Lipinski definition) is 2. The van der Waals surface area contributed by atoms with Gasteiger partial charge in [-0.25, -0.2) is 14.8 Å². The number of nitrogens with zero attached hydrogens (tertiary/aromatic N) is 4. The van der Waals surface area contributed by atoms with Gasteiger partial charge in [-0.1, -0.05) is 6.07 Å². The minimum atomic E-state index is -0.559. The maximum Gasteiger partial charge on any atom is 0.353 e. The molecule has 0 aliphatic heterocycles. The number of rotatable bonds is 6. The highest BCUT2D eigenvalue weighted by molar-refractivity contribution is 5.94. The van der Waals surface area contributed by atoms with Crippen molar-refractivity contribution in [3.63, 3.8) is 0 Å². The molecule has 4 rings (SSSR count). The van der Waals surface area contributed by atoms with E-state index in [9.17, 15) is 14.9 Å². The first kappa shape index (κ1) is 19.7. The van der Waals surface area contributed by atoms with Crippen molar-refractivity contribution in [3.8, 4) is 0 Å². The third kappa shape index (κ3) is 4.08. The second-order valence-electron chi connectivity index (χ2n) is 6.37. The lowest BCUT2D eigenvalue weighted by molar-refractivity contribution is -0.383. The van der Waals surface area contributed by atoms with E-state index >= 15 is 0 Å². The molecule has 0 saturated heterocycles. The van der Waals surface area contributed by atoms with E-state index in [2.05, 4.69) is 30.3 Å². The zero-order chi connectivity index (χ0) is 21.8. The Bertz CT molecular complexity index is 1270. The number of ether oxygens (including phenoxy) is 1. The number of nitro groups is 1. The molecule has 0 unspecified atom stereocenters. The predicted molar refractivity (Wildman–Crippen MR) is 115 cm³/mol. The number of nitrogens with one attached hydrogen (secondary N) is 2. The molecule has 0 spiro atoms. The molecule has 10 nitrogen and oxygen atoms in total. The number of hydrogen-bond acceptors (Lipinski definition) is 9. The molecule has 2 aromatic heterocycles. The van der Waals surface area contributed by atoms with Gasteiger partial charge in [-0.2, -0.15) is 0 Å². The van der Waals surface area contributed by atoms with Gasteiger partial charge in [-0.3, -0.25) is 15.1 Å². The van der Waals surface area contributed by atoms with Crippen LogP contribution in [0.1, 0.15) is 10.4 Å². The van der Waals surface area contributed by atoms with Crippen molar-refractivity contribution >= 4 is 45.6 Å². The number of fused-ring (bicyclic) bond motifs is 1. The van der Waals surface area contributed by atoms with Crippen LogP contribution in [0, 0.1) is 10.1 Å². The zero-order valence-corrected chi connectivity index (χ0v) is 16.3. The van der Waals surface area contributed by atoms with Crippen molar-refractivity contribution in [1.82, 2.24) is 15.0 Å². The Hall–Kier alpha value is -4.60. The molecular weight excluding hydrogens is 400 g/mol. The largest absolute Gasteiger partial charge is 0.465 e. The summed E-state index contributed by atoms with van der Waals surface area (Å²) in [7, 11) is 1.29. The summed E-state index contributed by atoms with van der Waals surface area (Å²) in [5.74, 6) is -0.438. The number of anilines is 4. The highest BCUT2D eigenvalue weighted by atomic mass is 16.6. The van der Waals surface area contributed by atoms with Gasteiger partial charge in [0.2, 0.25) is 11.6 Å². The normalized spacial score (nSPS) is 10.5. The molecule has 0 aliphatic carbocycles. The van der Waals surface area contributed by atoms with Gasteiger partial charge >= 0.3 is 11.7 Å². The van der Waals surface area contributed by atoms with Crippen LogP contribution in [0.4, 0.5) is 28.7 Å². The van der Waals surface area contributed by atoms with Crippen molar-refractivity contribution in [3.05, 3.63) is 82.8 Å². The molecule has 31 heavy (non-hydrogen) atoms. The van der Waals surface area contributed by atoms with Crippen molar-refractivity contribution in [2.45, 2.75) is 0 Å². The van der Waals surface area contributed by atoms with Crippen LogP contribution in [0.3, 0.4) is 0 Å². The molecule has 0 fully saturated rings. The number of aromatic nitrogens is 3. The van der Waals surface area contributed by atoms with Crippen LogP contribution in [0.15, 0.2) is 67.1 Å². The summed E-state index contributed by atoms with van der Waals surface area (Å²) in [6.07, 6.45) is 2.90. The highest BCUT2D eigenvalue weighted by Gasteiger charge is 2.24. The third-order valence-electron chi connectivity index (χ3n) is 4.47. The smallest absolute Gasteiger partial charge is 0.353 e. The van der Waals surface area contributed by atoms with Gasteiger partial charge in [-0.15, -0.1) is 0 Å². The minimum Gasteiger partial charge on any atom is -0.465 e. The van der Waals surface area contributed by atoms with Crippen LogP contribution in [0.2, 0.25) is 0 Å². The average Bonchev–Trinajstić information content (AvgIpc) is 2.79. The van der Waals surface area contributed by atoms with E-state index in [-0.39, 0.29) is 17.3 Å². The lowest BCUT2D eigenvalue weighted by Gasteiger charge is -2.11. The SMILES string of the molecule is COC(=O)c1ccc(Nc2ncnc(Nc3cccc4ncccc34)c2[N+](=O)[O-])cc1. The molecular formula is C21H16N6O4. The molecule has 0 radical (unpaired) electrons. The fourth-order valence-electron chi connectivity index (χ4n) is 3.02. The minimum absolute atomic E-state index is 0.00618. The van der Waals surface area contributed by atoms with Gasteiger partial charge in [0, 0.05) is 23.0 Å². The third-order valence-corrected chi connectivity index (χ3v) is 4.47. The number of esters is 1. The van der Waals surface area contributed by atoms with E-state index in [0.29, 0.717) is 16.9 Å². The molecule has 0 atom stereocenters.